The number of ether oxygens (including phenoxy) is 1. The van der Waals surface area contributed by atoms with Gasteiger partial charge in [-0.15, -0.1) is 0 Å². The van der Waals surface area contributed by atoms with Crippen molar-refractivity contribution in [3.8, 4) is 11.8 Å². The molecule has 8 heteroatoms. The number of nitrogens with one attached hydrogen (secondary N) is 2. The maximum Gasteiger partial charge on any atom is 0.266 e. The summed E-state index contributed by atoms with van der Waals surface area (Å²) >= 11 is 12.6. The molecule has 2 amide bonds. The Balaban J connectivity index is 1.71. The van der Waals surface area contributed by atoms with E-state index in [0.29, 0.717) is 16.9 Å². The van der Waals surface area contributed by atoms with Crippen LogP contribution < -0.4 is 15.4 Å². The topological polar surface area (TPSA) is 91.2 Å². The molecule has 0 saturated heterocycles. The lowest BCUT2D eigenvalue weighted by Gasteiger charge is -2.12. The predicted molar refractivity (Wildman–Crippen MR) is 140 cm³/mol. The van der Waals surface area contributed by atoms with Gasteiger partial charge in [-0.05, 0) is 73.9 Å². The molecule has 0 saturated carbocycles. The van der Waals surface area contributed by atoms with E-state index in [4.69, 9.17) is 27.9 Å². The summed E-state index contributed by atoms with van der Waals surface area (Å²) in [7, 11) is 0. The molecule has 0 spiro atoms. The van der Waals surface area contributed by atoms with Gasteiger partial charge in [-0.3, -0.25) is 9.59 Å². The van der Waals surface area contributed by atoms with Crippen LogP contribution in [0.25, 0.3) is 6.08 Å². The number of aryl methyl sites for hydroxylation is 3. The molecule has 0 bridgehead atoms. The summed E-state index contributed by atoms with van der Waals surface area (Å²) in [6.45, 7) is 5.45. The van der Waals surface area contributed by atoms with Gasteiger partial charge in [0.15, 0.2) is 12.4 Å². The lowest BCUT2D eigenvalue weighted by Crippen LogP contribution is -2.20. The van der Waals surface area contributed by atoms with Crippen molar-refractivity contribution in [2.75, 3.05) is 17.2 Å². The average Bonchev–Trinajstić information content (AvgIpc) is 2.78. The minimum absolute atomic E-state index is 0.122. The summed E-state index contributed by atoms with van der Waals surface area (Å²) in [6, 6.07) is 17.9. The second-order valence-corrected chi connectivity index (χ2v) is 8.78. The molecule has 0 atom stereocenters. The highest BCUT2D eigenvalue weighted by Gasteiger charge is 2.15. The molecule has 0 fully saturated rings. The Bertz CT molecular complexity index is 1340. The Morgan fingerprint density at radius 2 is 1.66 bits per heavy atom. The number of rotatable bonds is 7. The summed E-state index contributed by atoms with van der Waals surface area (Å²) in [5.74, 6) is -0.801. The first kappa shape index (κ1) is 25.8. The molecule has 178 valence electrons. The van der Waals surface area contributed by atoms with Crippen molar-refractivity contribution in [2.45, 2.75) is 20.8 Å². The molecule has 6 nitrogen and oxygen atoms in total. The standard InChI is InChI=1S/C27H23Cl2N3O3/c1-16-5-4-6-21(10-16)31-25(33)15-35-26-22(28)12-19(13-23(26)29)11-20(14-30)27(34)32-24-8-7-17(2)9-18(24)3/h4-13H,15H2,1-3H3,(H,31,33)(H,32,34)/b20-11+. The van der Waals surface area contributed by atoms with Gasteiger partial charge in [0, 0.05) is 11.4 Å². The summed E-state index contributed by atoms with van der Waals surface area (Å²) in [5.41, 5.74) is 4.54. The van der Waals surface area contributed by atoms with E-state index in [2.05, 4.69) is 10.6 Å². The first-order chi connectivity index (χ1) is 16.7. The van der Waals surface area contributed by atoms with Crippen LogP contribution in [0.3, 0.4) is 0 Å². The molecule has 0 aliphatic heterocycles. The third-order valence-electron chi connectivity index (χ3n) is 4.98. The Morgan fingerprint density at radius 3 is 2.29 bits per heavy atom. The van der Waals surface area contributed by atoms with Crippen LogP contribution in [0.15, 0.2) is 60.2 Å². The quantitative estimate of drug-likeness (QED) is 0.282. The van der Waals surface area contributed by atoms with E-state index in [1.807, 2.05) is 57.2 Å². The third-order valence-corrected chi connectivity index (χ3v) is 5.54. The normalized spacial score (nSPS) is 10.9. The first-order valence-electron chi connectivity index (χ1n) is 10.6. The van der Waals surface area contributed by atoms with Crippen molar-refractivity contribution >= 4 is 52.5 Å². The van der Waals surface area contributed by atoms with Crippen molar-refractivity contribution in [1.82, 2.24) is 0 Å². The van der Waals surface area contributed by atoms with Crippen molar-refractivity contribution in [3.05, 3.63) is 92.5 Å². The van der Waals surface area contributed by atoms with E-state index < -0.39 is 5.91 Å². The Morgan fingerprint density at radius 1 is 0.971 bits per heavy atom. The fourth-order valence-electron chi connectivity index (χ4n) is 3.32. The molecule has 3 rings (SSSR count). The van der Waals surface area contributed by atoms with Gasteiger partial charge >= 0.3 is 0 Å². The molecule has 3 aromatic carbocycles. The van der Waals surface area contributed by atoms with Crippen LogP contribution in [0.4, 0.5) is 11.4 Å². The number of carbonyl (C=O) groups is 2. The molecule has 0 aliphatic carbocycles. The van der Waals surface area contributed by atoms with E-state index in [1.165, 1.54) is 18.2 Å². The van der Waals surface area contributed by atoms with E-state index in [1.54, 1.807) is 12.1 Å². The fraction of sp³-hybridized carbons (Fsp3) is 0.148. The second kappa shape index (κ2) is 11.6. The monoisotopic (exact) mass is 507 g/mol. The minimum Gasteiger partial charge on any atom is -0.481 e. The number of benzene rings is 3. The van der Waals surface area contributed by atoms with E-state index in [-0.39, 0.29) is 33.9 Å². The van der Waals surface area contributed by atoms with Crippen LogP contribution >= 0.6 is 23.2 Å². The van der Waals surface area contributed by atoms with Gasteiger partial charge in [0.1, 0.15) is 11.6 Å². The maximum absolute atomic E-state index is 12.6. The highest BCUT2D eigenvalue weighted by molar-refractivity contribution is 6.37. The van der Waals surface area contributed by atoms with Crippen LogP contribution in [-0.2, 0) is 9.59 Å². The Labute approximate surface area is 214 Å². The third kappa shape index (κ3) is 7.10. The molecule has 0 aliphatic rings. The van der Waals surface area contributed by atoms with Crippen molar-refractivity contribution < 1.29 is 14.3 Å². The molecule has 0 heterocycles. The lowest BCUT2D eigenvalue weighted by atomic mass is 10.1. The summed E-state index contributed by atoms with van der Waals surface area (Å²) in [6.07, 6.45) is 1.38. The molecule has 2 N–H and O–H groups in total. The van der Waals surface area contributed by atoms with Crippen LogP contribution in [0.1, 0.15) is 22.3 Å². The average molecular weight is 508 g/mol. The first-order valence-corrected chi connectivity index (χ1v) is 11.4. The molecular weight excluding hydrogens is 485 g/mol. The van der Waals surface area contributed by atoms with Gasteiger partial charge in [-0.2, -0.15) is 5.26 Å². The van der Waals surface area contributed by atoms with Crippen molar-refractivity contribution in [3.63, 3.8) is 0 Å². The van der Waals surface area contributed by atoms with Gasteiger partial charge in [0.05, 0.1) is 10.0 Å². The maximum atomic E-state index is 12.6. The Hall–Kier alpha value is -3.79. The molecule has 3 aromatic rings. The number of halogens is 2. The largest absolute Gasteiger partial charge is 0.481 e. The van der Waals surface area contributed by atoms with Crippen LogP contribution in [0.5, 0.6) is 5.75 Å². The summed E-state index contributed by atoms with van der Waals surface area (Å²) in [4.78, 5) is 24.9. The second-order valence-electron chi connectivity index (χ2n) is 7.96. The van der Waals surface area contributed by atoms with Crippen LogP contribution in [0, 0.1) is 32.1 Å². The molecule has 0 unspecified atom stereocenters. The van der Waals surface area contributed by atoms with E-state index in [9.17, 15) is 14.9 Å². The van der Waals surface area contributed by atoms with Crippen molar-refractivity contribution in [2.24, 2.45) is 0 Å². The van der Waals surface area contributed by atoms with E-state index in [0.717, 1.165) is 16.7 Å². The SMILES string of the molecule is Cc1cccc(NC(=O)COc2c(Cl)cc(/C=C(\C#N)C(=O)Nc3ccc(C)cc3C)cc2Cl)c1. The molecule has 0 radical (unpaired) electrons. The minimum atomic E-state index is -0.556. The summed E-state index contributed by atoms with van der Waals surface area (Å²) < 4.78 is 5.53. The molecule has 0 aromatic heterocycles. The lowest BCUT2D eigenvalue weighted by molar-refractivity contribution is -0.118. The predicted octanol–water partition coefficient (Wildman–Crippen LogP) is 6.48. The van der Waals surface area contributed by atoms with Gasteiger partial charge in [-0.1, -0.05) is 53.0 Å². The zero-order valence-corrected chi connectivity index (χ0v) is 20.9. The highest BCUT2D eigenvalue weighted by atomic mass is 35.5. The number of carbonyl (C=O) groups excluding carboxylic acids is 2. The highest BCUT2D eigenvalue weighted by Crippen LogP contribution is 2.35. The number of hydrogen-bond donors (Lipinski definition) is 2. The number of anilines is 2. The van der Waals surface area contributed by atoms with Gasteiger partial charge in [-0.25, -0.2) is 0 Å². The number of nitriles is 1. The van der Waals surface area contributed by atoms with Gasteiger partial charge < -0.3 is 15.4 Å². The van der Waals surface area contributed by atoms with Crippen LogP contribution in [0.2, 0.25) is 10.0 Å². The molecular formula is C27H23Cl2N3O3. The van der Waals surface area contributed by atoms with Crippen LogP contribution in [-0.4, -0.2) is 18.4 Å². The zero-order chi connectivity index (χ0) is 25.5. The summed E-state index contributed by atoms with van der Waals surface area (Å²) in [5, 5.41) is 15.3. The number of hydrogen-bond acceptors (Lipinski definition) is 4. The fourth-order valence-corrected chi connectivity index (χ4v) is 3.93. The van der Waals surface area contributed by atoms with Gasteiger partial charge in [0.2, 0.25) is 0 Å². The number of nitrogens with zero attached hydrogens (tertiary/aromatic N) is 1. The smallest absolute Gasteiger partial charge is 0.266 e. The van der Waals surface area contributed by atoms with Crippen molar-refractivity contribution in [1.29, 1.82) is 5.26 Å². The van der Waals surface area contributed by atoms with Gasteiger partial charge in [0.25, 0.3) is 11.8 Å². The zero-order valence-electron chi connectivity index (χ0n) is 19.4. The molecule has 35 heavy (non-hydrogen) atoms. The van der Waals surface area contributed by atoms with E-state index >= 15 is 0 Å². The Kier molecular flexibility index (Phi) is 8.53. The number of amides is 2.